The van der Waals surface area contributed by atoms with Gasteiger partial charge in [0.2, 0.25) is 5.16 Å². The lowest BCUT2D eigenvalue weighted by Crippen LogP contribution is -1.99. The fourth-order valence-corrected chi connectivity index (χ4v) is 2.57. The number of hydrogen-bond acceptors (Lipinski definition) is 6. The van der Waals surface area contributed by atoms with Gasteiger partial charge < -0.3 is 0 Å². The van der Waals surface area contributed by atoms with Crippen LogP contribution in [0, 0.1) is 0 Å². The molecule has 0 atom stereocenters. The predicted octanol–water partition coefficient (Wildman–Crippen LogP) is 3.05. The van der Waals surface area contributed by atoms with E-state index in [1.165, 1.54) is 18.0 Å². The molecular formula is C12H8Cl2N6S. The van der Waals surface area contributed by atoms with E-state index in [1.54, 1.807) is 23.0 Å². The molecule has 0 saturated carbocycles. The Bertz CT molecular complexity index is 728. The van der Waals surface area contributed by atoms with Gasteiger partial charge in [0.15, 0.2) is 0 Å². The van der Waals surface area contributed by atoms with Gasteiger partial charge in [0.05, 0.1) is 23.8 Å². The van der Waals surface area contributed by atoms with Crippen LogP contribution in [0.2, 0.25) is 10.2 Å². The third-order valence-electron chi connectivity index (χ3n) is 2.54. The van der Waals surface area contributed by atoms with E-state index >= 15 is 0 Å². The Morgan fingerprint density at radius 2 is 1.86 bits per heavy atom. The molecule has 9 heteroatoms. The smallest absolute Gasteiger partial charge is 0.214 e. The molecule has 0 bridgehead atoms. The van der Waals surface area contributed by atoms with Crippen LogP contribution in [-0.4, -0.2) is 30.2 Å². The summed E-state index contributed by atoms with van der Waals surface area (Å²) in [6.45, 7) is 0. The molecule has 2 aromatic heterocycles. The molecule has 1 aromatic carbocycles. The molecule has 0 amide bonds. The van der Waals surface area contributed by atoms with E-state index < -0.39 is 0 Å². The highest BCUT2D eigenvalue weighted by atomic mass is 35.5. The molecule has 0 radical (unpaired) electrons. The summed E-state index contributed by atoms with van der Waals surface area (Å²) in [5.74, 6) is 0.595. The molecule has 0 aliphatic rings. The van der Waals surface area contributed by atoms with Crippen molar-refractivity contribution in [1.29, 1.82) is 0 Å². The lowest BCUT2D eigenvalue weighted by atomic mass is 10.3. The molecule has 0 saturated heterocycles. The van der Waals surface area contributed by atoms with Gasteiger partial charge in [0, 0.05) is 10.8 Å². The molecule has 6 nitrogen and oxygen atoms in total. The summed E-state index contributed by atoms with van der Waals surface area (Å²) in [6, 6.07) is 7.28. The summed E-state index contributed by atoms with van der Waals surface area (Å²) in [5.41, 5.74) is 1.64. The Hall–Kier alpha value is -1.70. The van der Waals surface area contributed by atoms with E-state index in [2.05, 4.69) is 25.5 Å². The molecule has 0 N–H and O–H groups in total. The summed E-state index contributed by atoms with van der Waals surface area (Å²) >= 11 is 13.0. The zero-order valence-electron chi connectivity index (χ0n) is 10.5. The van der Waals surface area contributed by atoms with Gasteiger partial charge in [-0.25, -0.2) is 4.98 Å². The van der Waals surface area contributed by atoms with Crippen LogP contribution in [0.5, 0.6) is 0 Å². The Morgan fingerprint density at radius 3 is 2.57 bits per heavy atom. The second-order valence-electron chi connectivity index (χ2n) is 3.97. The minimum absolute atomic E-state index is 0.370. The maximum atomic E-state index is 5.87. The van der Waals surface area contributed by atoms with E-state index in [4.69, 9.17) is 23.2 Å². The standard InChI is InChI=1S/C12H8Cl2N6S/c13-8-1-3-10(4-2-8)20-12(17-18-19-20)21-7-9-5-16-11(14)6-15-9/h1-6H,7H2. The van der Waals surface area contributed by atoms with Crippen LogP contribution >= 0.6 is 35.0 Å². The van der Waals surface area contributed by atoms with Crippen molar-refractivity contribution in [3.63, 3.8) is 0 Å². The topological polar surface area (TPSA) is 69.4 Å². The lowest BCUT2D eigenvalue weighted by Gasteiger charge is -2.04. The fraction of sp³-hybridized carbons (Fsp3) is 0.0833. The Morgan fingerprint density at radius 1 is 1.05 bits per heavy atom. The minimum Gasteiger partial charge on any atom is -0.256 e. The summed E-state index contributed by atoms with van der Waals surface area (Å²) < 4.78 is 1.64. The number of nitrogens with zero attached hydrogens (tertiary/aromatic N) is 6. The van der Waals surface area contributed by atoms with E-state index in [9.17, 15) is 0 Å². The van der Waals surface area contributed by atoms with Crippen LogP contribution in [0.15, 0.2) is 41.8 Å². The van der Waals surface area contributed by atoms with Crippen LogP contribution in [0.1, 0.15) is 5.69 Å². The molecule has 3 rings (SSSR count). The summed E-state index contributed by atoms with van der Waals surface area (Å²) in [6.07, 6.45) is 3.14. The third-order valence-corrected chi connectivity index (χ3v) is 3.94. The van der Waals surface area contributed by atoms with Crippen molar-refractivity contribution >= 4 is 35.0 Å². The van der Waals surface area contributed by atoms with Gasteiger partial charge in [0.1, 0.15) is 5.15 Å². The third kappa shape index (κ3) is 3.49. The van der Waals surface area contributed by atoms with Crippen molar-refractivity contribution in [2.75, 3.05) is 0 Å². The zero-order chi connectivity index (χ0) is 14.7. The number of halogens is 2. The molecule has 21 heavy (non-hydrogen) atoms. The van der Waals surface area contributed by atoms with Gasteiger partial charge in [-0.05, 0) is 34.7 Å². The second kappa shape index (κ2) is 6.38. The fourth-order valence-electron chi connectivity index (χ4n) is 1.57. The predicted molar refractivity (Wildman–Crippen MR) is 80.8 cm³/mol. The van der Waals surface area contributed by atoms with Gasteiger partial charge in [-0.2, -0.15) is 4.68 Å². The number of hydrogen-bond donors (Lipinski definition) is 0. The normalized spacial score (nSPS) is 10.8. The van der Waals surface area contributed by atoms with Gasteiger partial charge >= 0.3 is 0 Å². The average Bonchev–Trinajstić information content (AvgIpc) is 2.96. The number of rotatable bonds is 4. The van der Waals surface area contributed by atoms with Crippen molar-refractivity contribution in [3.05, 3.63) is 52.5 Å². The van der Waals surface area contributed by atoms with Gasteiger partial charge in [-0.15, -0.1) is 5.10 Å². The Balaban J connectivity index is 1.76. The van der Waals surface area contributed by atoms with Crippen molar-refractivity contribution in [3.8, 4) is 5.69 Å². The molecular weight excluding hydrogens is 331 g/mol. The van der Waals surface area contributed by atoms with Crippen LogP contribution in [0.4, 0.5) is 0 Å². The highest BCUT2D eigenvalue weighted by Crippen LogP contribution is 2.22. The highest BCUT2D eigenvalue weighted by molar-refractivity contribution is 7.98. The van der Waals surface area contributed by atoms with Crippen molar-refractivity contribution in [2.45, 2.75) is 10.9 Å². The zero-order valence-corrected chi connectivity index (χ0v) is 12.8. The van der Waals surface area contributed by atoms with Crippen LogP contribution in [0.25, 0.3) is 5.69 Å². The first kappa shape index (κ1) is 14.2. The van der Waals surface area contributed by atoms with Crippen molar-refractivity contribution < 1.29 is 0 Å². The van der Waals surface area contributed by atoms with Gasteiger partial charge in [-0.3, -0.25) is 4.98 Å². The van der Waals surface area contributed by atoms with Crippen molar-refractivity contribution in [1.82, 2.24) is 30.2 Å². The Labute approximate surface area is 134 Å². The molecule has 0 fully saturated rings. The number of aromatic nitrogens is 6. The lowest BCUT2D eigenvalue weighted by molar-refractivity contribution is 0.756. The first-order chi connectivity index (χ1) is 10.2. The average molecular weight is 339 g/mol. The molecule has 0 unspecified atom stereocenters. The van der Waals surface area contributed by atoms with E-state index in [0.717, 1.165) is 11.4 Å². The van der Waals surface area contributed by atoms with Crippen LogP contribution < -0.4 is 0 Å². The highest BCUT2D eigenvalue weighted by Gasteiger charge is 2.09. The molecule has 2 heterocycles. The summed E-state index contributed by atoms with van der Waals surface area (Å²) in [7, 11) is 0. The molecule has 0 aliphatic heterocycles. The number of thioether (sulfide) groups is 1. The maximum Gasteiger partial charge on any atom is 0.214 e. The monoisotopic (exact) mass is 338 g/mol. The van der Waals surface area contributed by atoms with Crippen LogP contribution in [-0.2, 0) is 5.75 Å². The molecule has 0 aliphatic carbocycles. The van der Waals surface area contributed by atoms with E-state index in [-0.39, 0.29) is 0 Å². The quantitative estimate of drug-likeness (QED) is 0.681. The van der Waals surface area contributed by atoms with Gasteiger partial charge in [0.25, 0.3) is 0 Å². The Kier molecular flexibility index (Phi) is 4.33. The summed E-state index contributed by atoms with van der Waals surface area (Å²) in [5, 5.41) is 13.4. The number of tetrazole rings is 1. The first-order valence-corrected chi connectivity index (χ1v) is 7.60. The van der Waals surface area contributed by atoms with E-state index in [0.29, 0.717) is 21.1 Å². The number of benzene rings is 1. The van der Waals surface area contributed by atoms with E-state index in [1.807, 2.05) is 12.1 Å². The van der Waals surface area contributed by atoms with Crippen molar-refractivity contribution in [2.24, 2.45) is 0 Å². The SMILES string of the molecule is Clc1ccc(-n2nnnc2SCc2cnc(Cl)cn2)cc1. The summed E-state index contributed by atoms with van der Waals surface area (Å²) in [4.78, 5) is 8.17. The largest absolute Gasteiger partial charge is 0.256 e. The second-order valence-corrected chi connectivity index (χ2v) is 5.73. The molecule has 0 spiro atoms. The minimum atomic E-state index is 0.370. The molecule has 106 valence electrons. The van der Waals surface area contributed by atoms with Gasteiger partial charge in [-0.1, -0.05) is 35.0 Å². The van der Waals surface area contributed by atoms with Crippen LogP contribution in [0.3, 0.4) is 0 Å². The first-order valence-electron chi connectivity index (χ1n) is 5.86. The molecule has 3 aromatic rings. The maximum absolute atomic E-state index is 5.87.